The Morgan fingerprint density at radius 1 is 1.07 bits per heavy atom. The first kappa shape index (κ1) is 21.0. The van der Waals surface area contributed by atoms with Gasteiger partial charge < -0.3 is 15.1 Å². The van der Waals surface area contributed by atoms with Gasteiger partial charge in [-0.15, -0.1) is 11.8 Å². The van der Waals surface area contributed by atoms with Gasteiger partial charge in [0.1, 0.15) is 0 Å². The van der Waals surface area contributed by atoms with E-state index in [4.69, 9.17) is 0 Å². The van der Waals surface area contributed by atoms with Crippen LogP contribution in [0.2, 0.25) is 0 Å². The van der Waals surface area contributed by atoms with Gasteiger partial charge in [-0.25, -0.2) is 0 Å². The number of nitrogens with one attached hydrogen (secondary N) is 1. The summed E-state index contributed by atoms with van der Waals surface area (Å²) in [5.74, 6) is 1.23. The molecule has 2 saturated heterocycles. The lowest BCUT2D eigenvalue weighted by Crippen LogP contribution is -2.57. The maximum atomic E-state index is 12.7. The van der Waals surface area contributed by atoms with Crippen LogP contribution in [0.25, 0.3) is 0 Å². The van der Waals surface area contributed by atoms with Crippen molar-refractivity contribution in [1.29, 1.82) is 0 Å². The van der Waals surface area contributed by atoms with E-state index in [1.165, 1.54) is 10.5 Å². The molecule has 0 saturated carbocycles. The quantitative estimate of drug-likeness (QED) is 0.464. The molecule has 7 heteroatoms. The summed E-state index contributed by atoms with van der Waals surface area (Å²) in [4.78, 5) is 25.0. The van der Waals surface area contributed by atoms with Crippen LogP contribution in [0, 0.1) is 0 Å². The summed E-state index contributed by atoms with van der Waals surface area (Å²) in [6, 6.07) is 8.61. The van der Waals surface area contributed by atoms with Crippen LogP contribution in [0.1, 0.15) is 25.3 Å². The van der Waals surface area contributed by atoms with Gasteiger partial charge in [0.2, 0.25) is 5.91 Å². The average molecular weight is 404 g/mol. The number of piperazine rings is 1. The van der Waals surface area contributed by atoms with Crippen molar-refractivity contribution in [1.82, 2.24) is 20.0 Å². The van der Waals surface area contributed by atoms with E-state index in [1.807, 2.05) is 11.9 Å². The second-order valence-corrected chi connectivity index (χ2v) is 8.36. The van der Waals surface area contributed by atoms with E-state index in [9.17, 15) is 4.79 Å². The molecule has 0 bridgehead atoms. The van der Waals surface area contributed by atoms with Crippen molar-refractivity contribution in [3.8, 4) is 0 Å². The highest BCUT2D eigenvalue weighted by Crippen LogP contribution is 2.16. The van der Waals surface area contributed by atoms with Crippen molar-refractivity contribution in [3.05, 3.63) is 29.8 Å². The van der Waals surface area contributed by atoms with E-state index >= 15 is 0 Å². The summed E-state index contributed by atoms with van der Waals surface area (Å²) in [5.41, 5.74) is 1.25. The average Bonchev–Trinajstić information content (AvgIpc) is 3.29. The number of carbonyl (C=O) groups excluding carboxylic acids is 1. The second kappa shape index (κ2) is 10.2. The molecule has 0 spiro atoms. The molecule has 154 valence electrons. The molecule has 1 amide bonds. The predicted molar refractivity (Wildman–Crippen MR) is 117 cm³/mol. The van der Waals surface area contributed by atoms with Crippen LogP contribution < -0.4 is 5.32 Å². The lowest BCUT2D eigenvalue weighted by Gasteiger charge is -2.39. The Morgan fingerprint density at radius 2 is 1.71 bits per heavy atom. The maximum Gasteiger partial charge on any atom is 0.239 e. The van der Waals surface area contributed by atoms with Crippen LogP contribution in [-0.2, 0) is 11.3 Å². The summed E-state index contributed by atoms with van der Waals surface area (Å²) >= 11 is 1.76. The molecule has 1 aromatic carbocycles. The van der Waals surface area contributed by atoms with Gasteiger partial charge in [0.05, 0.1) is 6.04 Å². The van der Waals surface area contributed by atoms with Crippen LogP contribution in [0.4, 0.5) is 0 Å². The summed E-state index contributed by atoms with van der Waals surface area (Å²) in [6.45, 7) is 8.25. The van der Waals surface area contributed by atoms with E-state index in [2.05, 4.69) is 57.6 Å². The fraction of sp³-hybridized carbons (Fsp3) is 0.619. The van der Waals surface area contributed by atoms with Crippen molar-refractivity contribution >= 4 is 23.6 Å². The van der Waals surface area contributed by atoms with Gasteiger partial charge in [0, 0.05) is 57.8 Å². The Hall–Kier alpha value is -1.73. The van der Waals surface area contributed by atoms with E-state index in [1.54, 1.807) is 11.8 Å². The van der Waals surface area contributed by atoms with Crippen molar-refractivity contribution in [2.24, 2.45) is 4.99 Å². The first-order valence-electron chi connectivity index (χ1n) is 10.2. The van der Waals surface area contributed by atoms with Crippen LogP contribution >= 0.6 is 11.8 Å². The van der Waals surface area contributed by atoms with Gasteiger partial charge in [-0.05, 0) is 43.7 Å². The van der Waals surface area contributed by atoms with Gasteiger partial charge in [-0.2, -0.15) is 0 Å². The third-order valence-electron chi connectivity index (χ3n) is 5.76. The summed E-state index contributed by atoms with van der Waals surface area (Å²) < 4.78 is 0. The SMILES string of the molecule is CN=C(NCc1ccc(SC)cc1)N1CCN(C(C)C(=O)N2CCCC2)CC1. The number of amides is 1. The van der Waals surface area contributed by atoms with Gasteiger partial charge in [-0.1, -0.05) is 12.1 Å². The van der Waals surface area contributed by atoms with Gasteiger partial charge in [0.15, 0.2) is 5.96 Å². The van der Waals surface area contributed by atoms with E-state index < -0.39 is 0 Å². The molecule has 6 nitrogen and oxygen atoms in total. The van der Waals surface area contributed by atoms with Crippen molar-refractivity contribution in [3.63, 3.8) is 0 Å². The minimum atomic E-state index is -0.0230. The lowest BCUT2D eigenvalue weighted by atomic mass is 10.2. The number of rotatable bonds is 5. The molecule has 2 aliphatic rings. The van der Waals surface area contributed by atoms with Gasteiger partial charge in [0.25, 0.3) is 0 Å². The summed E-state index contributed by atoms with van der Waals surface area (Å²) in [6.07, 6.45) is 4.39. The fourth-order valence-corrected chi connectivity index (χ4v) is 4.34. The number of carbonyl (C=O) groups is 1. The summed E-state index contributed by atoms with van der Waals surface area (Å²) in [5, 5.41) is 3.48. The standard InChI is InChI=1S/C21H33N5OS/c1-17(20(27)25-10-4-5-11-25)24-12-14-26(15-13-24)21(22-2)23-16-18-6-8-19(28-3)9-7-18/h6-9,17H,4-5,10-16H2,1-3H3,(H,22,23). The molecule has 0 radical (unpaired) electrons. The third kappa shape index (κ3) is 5.20. The van der Waals surface area contributed by atoms with Crippen LogP contribution in [0.15, 0.2) is 34.2 Å². The number of guanidine groups is 1. The number of hydrogen-bond donors (Lipinski definition) is 1. The van der Waals surface area contributed by atoms with Gasteiger partial charge >= 0.3 is 0 Å². The molecule has 2 fully saturated rings. The Bertz CT molecular complexity index is 664. The molecule has 0 aromatic heterocycles. The topological polar surface area (TPSA) is 51.2 Å². The zero-order chi connectivity index (χ0) is 19.9. The first-order valence-corrected chi connectivity index (χ1v) is 11.5. The van der Waals surface area contributed by atoms with Crippen LogP contribution in [-0.4, -0.2) is 85.2 Å². The molecule has 2 heterocycles. The third-order valence-corrected chi connectivity index (χ3v) is 6.50. The van der Waals surface area contributed by atoms with Crippen molar-refractivity contribution in [2.75, 3.05) is 52.6 Å². The van der Waals surface area contributed by atoms with Crippen molar-refractivity contribution < 1.29 is 4.79 Å². The molecule has 1 unspecified atom stereocenters. The summed E-state index contributed by atoms with van der Waals surface area (Å²) in [7, 11) is 1.84. The Morgan fingerprint density at radius 3 is 2.29 bits per heavy atom. The number of hydrogen-bond acceptors (Lipinski definition) is 4. The fourth-order valence-electron chi connectivity index (χ4n) is 3.94. The molecular weight excluding hydrogens is 370 g/mol. The Balaban J connectivity index is 1.47. The molecule has 1 atom stereocenters. The first-order chi connectivity index (χ1) is 13.6. The van der Waals surface area contributed by atoms with Crippen LogP contribution in [0.5, 0.6) is 0 Å². The van der Waals surface area contributed by atoms with Crippen molar-refractivity contribution in [2.45, 2.75) is 37.2 Å². The second-order valence-electron chi connectivity index (χ2n) is 7.48. The van der Waals surface area contributed by atoms with Gasteiger partial charge in [-0.3, -0.25) is 14.7 Å². The smallest absolute Gasteiger partial charge is 0.239 e. The lowest BCUT2D eigenvalue weighted by molar-refractivity contribution is -0.135. The zero-order valence-electron chi connectivity index (χ0n) is 17.4. The number of aliphatic imine (C=N–C) groups is 1. The van der Waals surface area contributed by atoms with E-state index in [0.717, 1.165) is 64.6 Å². The highest BCUT2D eigenvalue weighted by Gasteiger charge is 2.30. The Labute approximate surface area is 173 Å². The van der Waals surface area contributed by atoms with E-state index in [-0.39, 0.29) is 6.04 Å². The maximum absolute atomic E-state index is 12.7. The number of benzene rings is 1. The number of nitrogens with zero attached hydrogens (tertiary/aromatic N) is 4. The predicted octanol–water partition coefficient (Wildman–Crippen LogP) is 2.11. The molecule has 0 aliphatic carbocycles. The molecular formula is C21H33N5OS. The highest BCUT2D eigenvalue weighted by atomic mass is 32.2. The zero-order valence-corrected chi connectivity index (χ0v) is 18.2. The highest BCUT2D eigenvalue weighted by molar-refractivity contribution is 7.98. The minimum absolute atomic E-state index is 0.0230. The largest absolute Gasteiger partial charge is 0.352 e. The number of likely N-dealkylation sites (tertiary alicyclic amines) is 1. The molecule has 1 N–H and O–H groups in total. The molecule has 2 aliphatic heterocycles. The molecule has 28 heavy (non-hydrogen) atoms. The Kier molecular flexibility index (Phi) is 7.62. The molecule has 1 aromatic rings. The monoisotopic (exact) mass is 403 g/mol. The van der Waals surface area contributed by atoms with Crippen LogP contribution in [0.3, 0.4) is 0 Å². The number of thioether (sulfide) groups is 1. The van der Waals surface area contributed by atoms with E-state index in [0.29, 0.717) is 5.91 Å². The minimum Gasteiger partial charge on any atom is -0.352 e. The normalized spacial score (nSPS) is 19.8. The molecule has 3 rings (SSSR count).